The number of aliphatic carboxylic acids is 1. The molecule has 1 aromatic carbocycles. The molecule has 1 aromatic rings. The average molecular weight is 257 g/mol. The zero-order valence-corrected chi connectivity index (χ0v) is 10.6. The summed E-state index contributed by atoms with van der Waals surface area (Å²) in [7, 11) is 0. The lowest BCUT2D eigenvalue weighted by Crippen LogP contribution is -2.03. The summed E-state index contributed by atoms with van der Waals surface area (Å²) in [5.74, 6) is 0.313. The maximum atomic E-state index is 10.7. The van der Waals surface area contributed by atoms with E-state index in [0.29, 0.717) is 24.5 Å². The Bertz CT molecular complexity index is 586. The van der Waals surface area contributed by atoms with Crippen LogP contribution in [-0.2, 0) is 17.6 Å². The lowest BCUT2D eigenvalue weighted by atomic mass is 9.89. The van der Waals surface area contributed by atoms with E-state index in [2.05, 4.69) is 6.07 Å². The minimum Gasteiger partial charge on any atom is -0.492 e. The van der Waals surface area contributed by atoms with Crippen LogP contribution >= 0.6 is 0 Å². The van der Waals surface area contributed by atoms with Crippen LogP contribution in [0.15, 0.2) is 6.07 Å². The highest BCUT2D eigenvalue weighted by atomic mass is 16.5. The van der Waals surface area contributed by atoms with Gasteiger partial charge in [0.05, 0.1) is 12.2 Å². The van der Waals surface area contributed by atoms with Crippen molar-refractivity contribution in [3.63, 3.8) is 0 Å². The fraction of sp³-hybridized carbons (Fsp3) is 0.467. The van der Waals surface area contributed by atoms with Crippen molar-refractivity contribution in [3.05, 3.63) is 28.3 Å². The van der Waals surface area contributed by atoms with Crippen molar-refractivity contribution < 1.29 is 14.6 Å². The number of ether oxygens (including phenoxy) is 1. The first-order valence-electron chi connectivity index (χ1n) is 6.64. The maximum absolute atomic E-state index is 10.7. The van der Waals surface area contributed by atoms with Gasteiger partial charge in [-0.25, -0.2) is 0 Å². The van der Waals surface area contributed by atoms with Gasteiger partial charge in [0, 0.05) is 18.4 Å². The molecule has 19 heavy (non-hydrogen) atoms. The molecule has 4 nitrogen and oxygen atoms in total. The number of hydrogen-bond donors (Lipinski definition) is 1. The first kappa shape index (κ1) is 12.0. The van der Waals surface area contributed by atoms with Crippen LogP contribution in [0.5, 0.6) is 5.75 Å². The van der Waals surface area contributed by atoms with Crippen LogP contribution in [-0.4, -0.2) is 17.7 Å². The van der Waals surface area contributed by atoms with Crippen LogP contribution < -0.4 is 4.74 Å². The Hall–Kier alpha value is -2.02. The minimum absolute atomic E-state index is 0.208. The zero-order chi connectivity index (χ0) is 13.4. The summed E-state index contributed by atoms with van der Waals surface area (Å²) in [5.41, 5.74) is 4.27. The molecule has 1 N–H and O–H groups in total. The largest absolute Gasteiger partial charge is 0.492 e. The van der Waals surface area contributed by atoms with Crippen LogP contribution in [0.2, 0.25) is 0 Å². The third-order valence-electron chi connectivity index (χ3n) is 4.10. The Labute approximate surface area is 111 Å². The summed E-state index contributed by atoms with van der Waals surface area (Å²) >= 11 is 0. The van der Waals surface area contributed by atoms with Crippen molar-refractivity contribution in [2.45, 2.75) is 38.0 Å². The van der Waals surface area contributed by atoms with Crippen LogP contribution in [0.3, 0.4) is 0 Å². The minimum atomic E-state index is -0.741. The monoisotopic (exact) mass is 257 g/mol. The third kappa shape index (κ3) is 1.95. The maximum Gasteiger partial charge on any atom is 0.303 e. The summed E-state index contributed by atoms with van der Waals surface area (Å²) in [4.78, 5) is 10.7. The molecule has 1 heterocycles. The number of hydrogen-bond acceptors (Lipinski definition) is 3. The van der Waals surface area contributed by atoms with Crippen molar-refractivity contribution in [3.8, 4) is 11.8 Å². The Morgan fingerprint density at radius 1 is 1.53 bits per heavy atom. The summed E-state index contributed by atoms with van der Waals surface area (Å²) in [6.07, 6.45) is 3.67. The second kappa shape index (κ2) is 4.58. The lowest BCUT2D eigenvalue weighted by molar-refractivity contribution is -0.137. The predicted octanol–water partition coefficient (Wildman–Crippen LogP) is 2.39. The van der Waals surface area contributed by atoms with Gasteiger partial charge in [-0.05, 0) is 42.4 Å². The number of carbonyl (C=O) groups is 1. The summed E-state index contributed by atoms with van der Waals surface area (Å²) in [6.45, 7) is 0.631. The van der Waals surface area contributed by atoms with Crippen molar-refractivity contribution in [2.75, 3.05) is 6.61 Å². The first-order chi connectivity index (χ1) is 9.20. The van der Waals surface area contributed by atoms with Gasteiger partial charge in [0.25, 0.3) is 0 Å². The van der Waals surface area contributed by atoms with E-state index in [4.69, 9.17) is 15.1 Å². The molecule has 3 rings (SSSR count). The van der Waals surface area contributed by atoms with Gasteiger partial charge in [0.1, 0.15) is 11.8 Å². The van der Waals surface area contributed by atoms with E-state index < -0.39 is 5.97 Å². The summed E-state index contributed by atoms with van der Waals surface area (Å²) in [5, 5.41) is 18.0. The standard InChI is InChI=1S/C15H15NO3/c16-8-11-7-10-2-1-9(3-4-13(17)18)14(10)12-5-6-19-15(11)12/h7,9H,1-6H2,(H,17,18). The Morgan fingerprint density at radius 3 is 3.11 bits per heavy atom. The van der Waals surface area contributed by atoms with Gasteiger partial charge >= 0.3 is 5.97 Å². The van der Waals surface area contributed by atoms with E-state index in [-0.39, 0.29) is 6.42 Å². The summed E-state index contributed by atoms with van der Waals surface area (Å²) < 4.78 is 5.58. The van der Waals surface area contributed by atoms with Gasteiger partial charge < -0.3 is 9.84 Å². The topological polar surface area (TPSA) is 70.3 Å². The smallest absolute Gasteiger partial charge is 0.303 e. The average Bonchev–Trinajstić information content (AvgIpc) is 3.01. The predicted molar refractivity (Wildman–Crippen MR) is 68.3 cm³/mol. The number of benzene rings is 1. The fourth-order valence-corrected chi connectivity index (χ4v) is 3.32. The van der Waals surface area contributed by atoms with Gasteiger partial charge in [-0.15, -0.1) is 0 Å². The molecule has 4 heteroatoms. The normalized spacial score (nSPS) is 19.4. The molecular formula is C15H15NO3. The van der Waals surface area contributed by atoms with Gasteiger partial charge in [-0.3, -0.25) is 4.79 Å². The molecule has 0 bridgehead atoms. The number of fused-ring (bicyclic) bond motifs is 3. The van der Waals surface area contributed by atoms with Gasteiger partial charge in [0.15, 0.2) is 0 Å². The molecule has 0 fully saturated rings. The molecule has 0 radical (unpaired) electrons. The molecule has 1 atom stereocenters. The number of carboxylic acid groups (broad SMARTS) is 1. The highest BCUT2D eigenvalue weighted by molar-refractivity contribution is 5.67. The van der Waals surface area contributed by atoms with Crippen molar-refractivity contribution >= 4 is 5.97 Å². The molecule has 0 aromatic heterocycles. The van der Waals surface area contributed by atoms with E-state index in [1.807, 2.05) is 6.07 Å². The molecule has 2 aliphatic rings. The number of aryl methyl sites for hydroxylation is 1. The third-order valence-corrected chi connectivity index (χ3v) is 4.10. The molecule has 0 saturated heterocycles. The van der Waals surface area contributed by atoms with Gasteiger partial charge in [-0.2, -0.15) is 5.26 Å². The van der Waals surface area contributed by atoms with Crippen molar-refractivity contribution in [1.29, 1.82) is 5.26 Å². The lowest BCUT2D eigenvalue weighted by Gasteiger charge is -2.14. The molecular weight excluding hydrogens is 242 g/mol. The Morgan fingerprint density at radius 2 is 2.37 bits per heavy atom. The van der Waals surface area contributed by atoms with Crippen LogP contribution in [0.1, 0.15) is 47.4 Å². The van der Waals surface area contributed by atoms with Gasteiger partial charge in [-0.1, -0.05) is 0 Å². The number of carboxylic acids is 1. The number of nitriles is 1. The van der Waals surface area contributed by atoms with Crippen LogP contribution in [0, 0.1) is 11.3 Å². The second-order valence-electron chi connectivity index (χ2n) is 5.18. The molecule has 1 unspecified atom stereocenters. The van der Waals surface area contributed by atoms with Crippen molar-refractivity contribution in [2.24, 2.45) is 0 Å². The van der Waals surface area contributed by atoms with E-state index in [1.165, 1.54) is 11.1 Å². The Balaban J connectivity index is 1.99. The zero-order valence-electron chi connectivity index (χ0n) is 10.6. The fourth-order valence-electron chi connectivity index (χ4n) is 3.32. The quantitative estimate of drug-likeness (QED) is 0.902. The van der Waals surface area contributed by atoms with E-state index in [9.17, 15) is 4.79 Å². The Kier molecular flexibility index (Phi) is 2.90. The number of rotatable bonds is 3. The first-order valence-corrected chi connectivity index (χ1v) is 6.64. The van der Waals surface area contributed by atoms with E-state index >= 15 is 0 Å². The molecule has 0 amide bonds. The van der Waals surface area contributed by atoms with E-state index in [0.717, 1.165) is 30.6 Å². The molecule has 1 aliphatic carbocycles. The van der Waals surface area contributed by atoms with Crippen LogP contribution in [0.4, 0.5) is 0 Å². The number of nitrogens with zero attached hydrogens (tertiary/aromatic N) is 1. The molecule has 1 aliphatic heterocycles. The second-order valence-corrected chi connectivity index (χ2v) is 5.18. The van der Waals surface area contributed by atoms with E-state index in [1.54, 1.807) is 0 Å². The summed E-state index contributed by atoms with van der Waals surface area (Å²) in [6, 6.07) is 4.13. The van der Waals surface area contributed by atoms with Gasteiger partial charge in [0.2, 0.25) is 0 Å². The van der Waals surface area contributed by atoms with Crippen LogP contribution in [0.25, 0.3) is 0 Å². The molecule has 0 spiro atoms. The highest BCUT2D eigenvalue weighted by Crippen LogP contribution is 2.45. The SMILES string of the molecule is N#Cc1cc2c(c3c1OCC3)C(CCC(=O)O)CC2. The highest BCUT2D eigenvalue weighted by Gasteiger charge is 2.31. The van der Waals surface area contributed by atoms with Crippen molar-refractivity contribution in [1.82, 2.24) is 0 Å². The molecule has 98 valence electrons. The molecule has 0 saturated carbocycles.